The van der Waals surface area contributed by atoms with Gasteiger partial charge < -0.3 is 209 Å². The maximum atomic E-state index is 13.7. The summed E-state index contributed by atoms with van der Waals surface area (Å²) >= 11 is 0. The SMILES string of the molecule is CCCCCCCCCCCCC/C=C/[C@@H](O)[C@H](CO[C@@H]1OC(CO)[C@@H](O[C@@H]2OC(CO)[C@H](O)[C@H](O[C@@H]3OC(CO)[C@@H](O)[C@H](O[C@@H]4OC(CO[C@@H]5OC(CO)[C@@H](O)[C@H](O)C5NC(C)=O)[C@H](O)[C@H](O[C@@H]5OC(CO)[C@@H](O)[C@H](O[C@@H]6OC(CO)[C@H](O)[C@H](O)C6O[C@H]6OC(C)[C@@H](O)C(O)[C@@H]6O)C5NC(C)=O)C4O)C3NC(C)=O)C2O)[C@H](O)C1O)NC(=O)CCCCCCCCCCCCCCCCCCCCCCC. The summed E-state index contributed by atoms with van der Waals surface area (Å²) < 4.78 is 96.9. The number of aliphatic hydroxyl groups excluding tert-OH is 22. The molecular formula is C96H172N4O42. The van der Waals surface area contributed by atoms with Crippen LogP contribution >= 0.6 is 0 Å². The Hall–Kier alpha value is -3.90. The third-order valence-corrected chi connectivity index (χ3v) is 27.8. The van der Waals surface area contributed by atoms with Crippen LogP contribution in [0.25, 0.3) is 0 Å². The molecule has 8 rings (SSSR count). The zero-order chi connectivity index (χ0) is 104. The summed E-state index contributed by atoms with van der Waals surface area (Å²) in [4.78, 5) is 53.4. The van der Waals surface area contributed by atoms with Crippen molar-refractivity contribution in [2.24, 2.45) is 0 Å². The van der Waals surface area contributed by atoms with Crippen molar-refractivity contribution in [2.75, 3.05) is 52.9 Å². The fourth-order valence-electron chi connectivity index (χ4n) is 19.4. The monoisotopic (exact) mass is 2050 g/mol. The number of aliphatic hydroxyl groups is 22. The number of allylic oxidation sites excluding steroid dienone is 1. The molecule has 8 aliphatic rings. The highest BCUT2D eigenvalue weighted by Gasteiger charge is 2.61. The summed E-state index contributed by atoms with van der Waals surface area (Å²) in [6, 6.07) is -6.82. The molecule has 0 bridgehead atoms. The van der Waals surface area contributed by atoms with Crippen molar-refractivity contribution in [2.45, 2.75) is 517 Å². The van der Waals surface area contributed by atoms with Gasteiger partial charge in [0.15, 0.2) is 50.3 Å². The lowest BCUT2D eigenvalue weighted by Gasteiger charge is -2.51. The van der Waals surface area contributed by atoms with Crippen LogP contribution in [0.15, 0.2) is 12.2 Å². The van der Waals surface area contributed by atoms with E-state index in [4.69, 9.17) is 75.8 Å². The lowest BCUT2D eigenvalue weighted by atomic mass is 9.93. The molecule has 0 aromatic carbocycles. The summed E-state index contributed by atoms with van der Waals surface area (Å²) in [5.41, 5.74) is 0. The summed E-state index contributed by atoms with van der Waals surface area (Å²) in [5, 5.41) is 261. The lowest BCUT2D eigenvalue weighted by molar-refractivity contribution is -0.392. The average Bonchev–Trinajstić information content (AvgIpc) is 0.770. The van der Waals surface area contributed by atoms with Gasteiger partial charge in [-0.1, -0.05) is 219 Å². The summed E-state index contributed by atoms with van der Waals surface area (Å²) in [6.07, 6.45) is -34.5. The predicted octanol–water partition coefficient (Wildman–Crippen LogP) is -3.26. The Balaban J connectivity index is 0.981. The van der Waals surface area contributed by atoms with Gasteiger partial charge in [-0.15, -0.1) is 0 Å². The fraction of sp³-hybridized carbons (Fsp3) is 0.938. The molecule has 8 saturated heterocycles. The Kier molecular flexibility index (Phi) is 56.2. The highest BCUT2D eigenvalue weighted by atomic mass is 16.8. The zero-order valence-corrected chi connectivity index (χ0v) is 83.1. The third-order valence-electron chi connectivity index (χ3n) is 27.8. The van der Waals surface area contributed by atoms with Crippen molar-refractivity contribution in [3.05, 3.63) is 12.2 Å². The van der Waals surface area contributed by atoms with E-state index in [1.54, 1.807) is 6.08 Å². The second kappa shape index (κ2) is 64.7. The van der Waals surface area contributed by atoms with Crippen molar-refractivity contribution in [1.29, 1.82) is 0 Å². The van der Waals surface area contributed by atoms with Crippen molar-refractivity contribution >= 4 is 23.6 Å². The van der Waals surface area contributed by atoms with Gasteiger partial charge in [-0.25, -0.2) is 0 Å². The topological polar surface area (TPSA) is 709 Å². The van der Waals surface area contributed by atoms with Crippen LogP contribution in [0, 0.1) is 0 Å². The van der Waals surface area contributed by atoms with Crippen molar-refractivity contribution in [3.8, 4) is 0 Å². The summed E-state index contributed by atoms with van der Waals surface area (Å²) in [6.45, 7) is 0.678. The number of hydrogen-bond donors (Lipinski definition) is 26. The number of nitrogens with one attached hydrogen (secondary N) is 4. The van der Waals surface area contributed by atoms with E-state index in [1.165, 1.54) is 148 Å². The highest BCUT2D eigenvalue weighted by Crippen LogP contribution is 2.41. The maximum Gasteiger partial charge on any atom is 0.220 e. The van der Waals surface area contributed by atoms with Crippen LogP contribution in [0.3, 0.4) is 0 Å². The molecule has 0 aromatic rings. The number of carbonyl (C=O) groups excluding carboxylic acids is 4. The standard InChI is InChI=1S/C96H172N4O42/c1-7-9-11-13-15-17-19-21-22-23-24-25-26-27-28-30-32-34-36-38-40-42-64(111)100-55(56(110)41-39-37-35-33-31-29-20-18-16-14-12-10-8-2)49-127-92-80(124)78(122)83(62(48-106)135-92)137-94-81(125)86(73(117)61(47-105)133-94)140-90-66(98-53(5)108)84(71(115)59(45-103)131-90)138-95-82(126)87(74(118)63(136-95)50-128-89-65(97-52(4)107)75(119)69(113)57(43-101)130-89)141-91-67(99-54(6)109)85(72(116)60(46-104)132-91)139-96-88(77(121)70(114)58(44-102)134-96)142-93-79(123)76(120)68(112)51(3)129-93/h39,41,51,55-63,65-96,101-106,110,112-126H,7-38,40,42-50H2,1-6H3,(H,97,107)(H,98,108)(H,99,109)(H,100,111)/b41-39+/t51?,55-,56+,57?,58?,59?,60?,61?,62?,63?,65?,66?,67?,68+,69+,70-,71+,72+,73-,74-,75+,76?,77-,78+,79-,80?,81?,82?,83+,84+,85+,86-,87-,88?,89+,90-,91-,92+,93+,94-,95-,96-/m0/s1. The largest absolute Gasteiger partial charge is 0.394 e. The van der Waals surface area contributed by atoms with E-state index in [2.05, 4.69) is 35.1 Å². The van der Waals surface area contributed by atoms with E-state index in [-0.39, 0.29) is 12.3 Å². The average molecular weight is 2050 g/mol. The fourth-order valence-corrected chi connectivity index (χ4v) is 19.4. The Bertz CT molecular complexity index is 3500. The Labute approximate surface area is 831 Å². The first-order valence-electron chi connectivity index (χ1n) is 51.8. The van der Waals surface area contributed by atoms with Crippen LogP contribution in [-0.2, 0) is 95.0 Å². The van der Waals surface area contributed by atoms with Gasteiger partial charge in [-0.05, 0) is 26.2 Å². The van der Waals surface area contributed by atoms with Crippen LogP contribution in [0.4, 0.5) is 0 Å². The maximum absolute atomic E-state index is 13.7. The van der Waals surface area contributed by atoms with Crippen LogP contribution in [0.2, 0.25) is 0 Å². The van der Waals surface area contributed by atoms with Gasteiger partial charge in [0.1, 0.15) is 189 Å². The second-order valence-corrected chi connectivity index (χ2v) is 39.2. The molecule has 0 aromatic heterocycles. The molecule has 46 heteroatoms. The molecule has 142 heavy (non-hydrogen) atoms. The van der Waals surface area contributed by atoms with E-state index in [0.29, 0.717) is 12.8 Å². The Morgan fingerprint density at radius 3 is 1.06 bits per heavy atom. The van der Waals surface area contributed by atoms with E-state index in [0.717, 1.165) is 78.6 Å². The molecule has 0 spiro atoms. The van der Waals surface area contributed by atoms with Crippen LogP contribution in [0.5, 0.6) is 0 Å². The molecule has 8 aliphatic heterocycles. The van der Waals surface area contributed by atoms with Gasteiger partial charge in [-0.3, -0.25) is 19.2 Å². The van der Waals surface area contributed by atoms with Gasteiger partial charge in [0.25, 0.3) is 0 Å². The molecule has 8 fully saturated rings. The molecule has 26 N–H and O–H groups in total. The number of unbranched alkanes of at least 4 members (excludes halogenated alkanes) is 31. The van der Waals surface area contributed by atoms with E-state index >= 15 is 0 Å². The molecule has 8 heterocycles. The van der Waals surface area contributed by atoms with Gasteiger partial charge in [0, 0.05) is 27.2 Å². The van der Waals surface area contributed by atoms with Crippen molar-refractivity contribution < 1.29 is 207 Å². The molecule has 46 nitrogen and oxygen atoms in total. The third kappa shape index (κ3) is 36.7. The highest BCUT2D eigenvalue weighted by molar-refractivity contribution is 5.76. The lowest BCUT2D eigenvalue weighted by Crippen LogP contribution is -2.71. The molecule has 0 radical (unpaired) electrons. The second-order valence-electron chi connectivity index (χ2n) is 39.2. The molecule has 42 atom stereocenters. The van der Waals surface area contributed by atoms with E-state index in [1.807, 2.05) is 6.08 Å². The van der Waals surface area contributed by atoms with Crippen molar-refractivity contribution in [1.82, 2.24) is 21.3 Å². The normalized spacial score (nSPS) is 38.4. The number of ether oxygens (including phenoxy) is 16. The van der Waals surface area contributed by atoms with E-state index < -0.39 is 328 Å². The Morgan fingerprint density at radius 2 is 0.620 bits per heavy atom. The first-order chi connectivity index (χ1) is 68.1. The van der Waals surface area contributed by atoms with Crippen LogP contribution in [0.1, 0.15) is 260 Å². The zero-order valence-electron chi connectivity index (χ0n) is 83.1. The van der Waals surface area contributed by atoms with Crippen molar-refractivity contribution in [3.63, 3.8) is 0 Å². The number of carbonyl (C=O) groups is 4. The van der Waals surface area contributed by atoms with Crippen LogP contribution in [-0.4, -0.2) is 446 Å². The van der Waals surface area contributed by atoms with E-state index in [9.17, 15) is 132 Å². The number of amides is 4. The molecular weight excluding hydrogens is 1880 g/mol. The minimum atomic E-state index is -2.53. The summed E-state index contributed by atoms with van der Waals surface area (Å²) in [7, 11) is 0. The molecule has 0 saturated carbocycles. The van der Waals surface area contributed by atoms with Gasteiger partial charge in [0.05, 0.1) is 71.1 Å². The molecule has 4 amide bonds. The molecule has 828 valence electrons. The Morgan fingerprint density at radius 1 is 0.296 bits per heavy atom. The quantitative estimate of drug-likeness (QED) is 0.0210. The van der Waals surface area contributed by atoms with Gasteiger partial charge in [-0.2, -0.15) is 0 Å². The van der Waals surface area contributed by atoms with Crippen LogP contribution < -0.4 is 21.3 Å². The minimum absolute atomic E-state index is 0.138. The molecule has 0 aliphatic carbocycles. The number of rotatable bonds is 64. The van der Waals surface area contributed by atoms with Gasteiger partial charge in [0.2, 0.25) is 23.6 Å². The minimum Gasteiger partial charge on any atom is -0.394 e. The number of hydrogen-bond acceptors (Lipinski definition) is 42. The summed E-state index contributed by atoms with van der Waals surface area (Å²) in [5.74, 6) is -3.15. The first kappa shape index (κ1) is 123. The molecule has 16 unspecified atom stereocenters. The first-order valence-corrected chi connectivity index (χ1v) is 51.8. The predicted molar refractivity (Wildman–Crippen MR) is 497 cm³/mol. The van der Waals surface area contributed by atoms with Gasteiger partial charge >= 0.3 is 0 Å². The smallest absolute Gasteiger partial charge is 0.220 e.